The van der Waals surface area contributed by atoms with Gasteiger partial charge < -0.3 is 19.1 Å². The van der Waals surface area contributed by atoms with Crippen LogP contribution in [-0.4, -0.2) is 59.3 Å². The Morgan fingerprint density at radius 1 is 1.07 bits per heavy atom. The molecular formula is C23H33N3O2. The largest absolute Gasteiger partial charge is 0.449 e. The Bertz CT molecular complexity index is 799. The predicted octanol–water partition coefficient (Wildman–Crippen LogP) is 4.37. The summed E-state index contributed by atoms with van der Waals surface area (Å²) in [7, 11) is 2.15. The first-order valence-electron chi connectivity index (χ1n) is 10.9. The van der Waals surface area contributed by atoms with E-state index in [9.17, 15) is 4.79 Å². The monoisotopic (exact) mass is 383 g/mol. The Hall–Kier alpha value is -2.01. The van der Waals surface area contributed by atoms with Gasteiger partial charge in [-0.1, -0.05) is 25.1 Å². The lowest BCUT2D eigenvalue weighted by Crippen LogP contribution is -2.49. The zero-order valence-corrected chi connectivity index (χ0v) is 17.3. The number of hydrogen-bond acceptors (Lipinski definition) is 3. The van der Waals surface area contributed by atoms with Gasteiger partial charge in [0.15, 0.2) is 0 Å². The number of fused-ring (bicyclic) bond motifs is 1. The molecule has 0 saturated carbocycles. The summed E-state index contributed by atoms with van der Waals surface area (Å²) in [6.45, 7) is 6.55. The second-order valence-electron chi connectivity index (χ2n) is 8.36. The zero-order valence-electron chi connectivity index (χ0n) is 17.3. The van der Waals surface area contributed by atoms with Crippen molar-refractivity contribution in [1.29, 1.82) is 0 Å². The summed E-state index contributed by atoms with van der Waals surface area (Å²) in [6, 6.07) is 9.38. The highest BCUT2D eigenvalue weighted by molar-refractivity contribution is 5.84. The summed E-state index contributed by atoms with van der Waals surface area (Å²) in [5, 5.41) is 1.42. The molecule has 28 heavy (non-hydrogen) atoms. The van der Waals surface area contributed by atoms with E-state index in [-0.39, 0.29) is 6.09 Å². The molecule has 0 bridgehead atoms. The SMILES string of the molecule is CCCOC(=O)N1CCC(N2CCC(c3cn(C)c4ccccc34)CC2)CC1. The summed E-state index contributed by atoms with van der Waals surface area (Å²) >= 11 is 0. The summed E-state index contributed by atoms with van der Waals surface area (Å²) in [5.41, 5.74) is 2.86. The fourth-order valence-corrected chi connectivity index (χ4v) is 4.97. The number of piperidine rings is 2. The van der Waals surface area contributed by atoms with Crippen LogP contribution < -0.4 is 0 Å². The number of para-hydroxylation sites is 1. The van der Waals surface area contributed by atoms with Crippen LogP contribution in [0.15, 0.2) is 30.5 Å². The van der Waals surface area contributed by atoms with Gasteiger partial charge in [-0.05, 0) is 62.7 Å². The number of carbonyl (C=O) groups excluding carboxylic acids is 1. The van der Waals surface area contributed by atoms with Crippen LogP contribution in [0.2, 0.25) is 0 Å². The molecule has 2 aliphatic rings. The molecule has 2 saturated heterocycles. The highest BCUT2D eigenvalue weighted by atomic mass is 16.6. The van der Waals surface area contributed by atoms with E-state index >= 15 is 0 Å². The molecule has 0 atom stereocenters. The Morgan fingerprint density at radius 3 is 2.50 bits per heavy atom. The molecule has 2 aromatic rings. The average molecular weight is 384 g/mol. The third-order valence-electron chi connectivity index (χ3n) is 6.57. The molecule has 0 N–H and O–H groups in total. The Labute approximate surface area is 168 Å². The Balaban J connectivity index is 1.31. The van der Waals surface area contributed by atoms with Crippen LogP contribution in [0, 0.1) is 0 Å². The highest BCUT2D eigenvalue weighted by Crippen LogP contribution is 2.35. The molecule has 1 aromatic heterocycles. The zero-order chi connectivity index (χ0) is 19.5. The van der Waals surface area contributed by atoms with Gasteiger partial charge in [0, 0.05) is 43.3 Å². The molecule has 2 aliphatic heterocycles. The van der Waals surface area contributed by atoms with E-state index in [0.29, 0.717) is 18.6 Å². The topological polar surface area (TPSA) is 37.7 Å². The van der Waals surface area contributed by atoms with Crippen molar-refractivity contribution >= 4 is 17.0 Å². The van der Waals surface area contributed by atoms with Crippen LogP contribution in [0.4, 0.5) is 4.79 Å². The number of benzene rings is 1. The summed E-state index contributed by atoms with van der Waals surface area (Å²) < 4.78 is 7.55. The van der Waals surface area contributed by atoms with Gasteiger partial charge in [0.25, 0.3) is 0 Å². The van der Waals surface area contributed by atoms with E-state index in [4.69, 9.17) is 4.74 Å². The van der Waals surface area contributed by atoms with Gasteiger partial charge in [-0.25, -0.2) is 4.79 Å². The minimum atomic E-state index is -0.130. The molecule has 0 unspecified atom stereocenters. The van der Waals surface area contributed by atoms with Gasteiger partial charge in [-0.2, -0.15) is 0 Å². The first kappa shape index (κ1) is 19.3. The smallest absolute Gasteiger partial charge is 0.409 e. The Kier molecular flexibility index (Phi) is 5.90. The van der Waals surface area contributed by atoms with Gasteiger partial charge >= 0.3 is 6.09 Å². The second kappa shape index (κ2) is 8.56. The minimum absolute atomic E-state index is 0.130. The van der Waals surface area contributed by atoms with Crippen LogP contribution >= 0.6 is 0 Å². The molecule has 2 fully saturated rings. The third-order valence-corrected chi connectivity index (χ3v) is 6.57. The van der Waals surface area contributed by atoms with Crippen molar-refractivity contribution in [2.24, 2.45) is 7.05 Å². The lowest BCUT2D eigenvalue weighted by molar-refractivity contribution is 0.0641. The lowest BCUT2D eigenvalue weighted by atomic mass is 9.88. The van der Waals surface area contributed by atoms with Crippen LogP contribution in [-0.2, 0) is 11.8 Å². The molecule has 152 valence electrons. The highest BCUT2D eigenvalue weighted by Gasteiger charge is 2.31. The number of aryl methyl sites for hydroxylation is 1. The first-order valence-corrected chi connectivity index (χ1v) is 10.9. The number of aromatic nitrogens is 1. The maximum Gasteiger partial charge on any atom is 0.409 e. The molecule has 0 spiro atoms. The van der Waals surface area contributed by atoms with Crippen molar-refractivity contribution in [2.75, 3.05) is 32.8 Å². The number of likely N-dealkylation sites (tertiary alicyclic amines) is 2. The second-order valence-corrected chi connectivity index (χ2v) is 8.36. The average Bonchev–Trinajstić information content (AvgIpc) is 3.09. The van der Waals surface area contributed by atoms with E-state index in [1.54, 1.807) is 0 Å². The van der Waals surface area contributed by atoms with Gasteiger partial charge in [0.1, 0.15) is 0 Å². The van der Waals surface area contributed by atoms with Crippen LogP contribution in [0.25, 0.3) is 10.9 Å². The fourth-order valence-electron chi connectivity index (χ4n) is 4.97. The van der Waals surface area contributed by atoms with Crippen molar-refractivity contribution in [3.8, 4) is 0 Å². The van der Waals surface area contributed by atoms with E-state index < -0.39 is 0 Å². The molecule has 5 heteroatoms. The van der Waals surface area contributed by atoms with Gasteiger partial charge in [-0.15, -0.1) is 0 Å². The van der Waals surface area contributed by atoms with Crippen molar-refractivity contribution < 1.29 is 9.53 Å². The van der Waals surface area contributed by atoms with E-state index in [1.165, 1.54) is 42.4 Å². The van der Waals surface area contributed by atoms with Crippen molar-refractivity contribution in [3.63, 3.8) is 0 Å². The number of nitrogens with zero attached hydrogens (tertiary/aromatic N) is 3. The van der Waals surface area contributed by atoms with E-state index in [0.717, 1.165) is 32.4 Å². The first-order chi connectivity index (χ1) is 13.7. The van der Waals surface area contributed by atoms with E-state index in [1.807, 2.05) is 11.8 Å². The molecule has 1 amide bonds. The molecule has 4 rings (SSSR count). The molecular weight excluding hydrogens is 350 g/mol. The number of rotatable bonds is 4. The van der Waals surface area contributed by atoms with Gasteiger partial charge in [0.05, 0.1) is 6.61 Å². The molecule has 1 aromatic carbocycles. The van der Waals surface area contributed by atoms with Crippen molar-refractivity contribution in [3.05, 3.63) is 36.0 Å². The number of ether oxygens (including phenoxy) is 1. The van der Waals surface area contributed by atoms with E-state index in [2.05, 4.69) is 47.0 Å². The lowest BCUT2D eigenvalue weighted by Gasteiger charge is -2.41. The van der Waals surface area contributed by atoms with Gasteiger partial charge in [0.2, 0.25) is 0 Å². The minimum Gasteiger partial charge on any atom is -0.449 e. The predicted molar refractivity (Wildman–Crippen MR) is 113 cm³/mol. The third kappa shape index (κ3) is 3.90. The maximum absolute atomic E-state index is 12.0. The normalized spacial score (nSPS) is 20.0. The Morgan fingerprint density at radius 2 is 1.79 bits per heavy atom. The van der Waals surface area contributed by atoms with Crippen molar-refractivity contribution in [2.45, 2.75) is 51.0 Å². The molecule has 0 radical (unpaired) electrons. The van der Waals surface area contributed by atoms with Crippen LogP contribution in [0.1, 0.15) is 50.5 Å². The quantitative estimate of drug-likeness (QED) is 0.787. The molecule has 0 aliphatic carbocycles. The summed E-state index contributed by atoms with van der Waals surface area (Å²) in [6.07, 6.45) is 7.69. The number of hydrogen-bond donors (Lipinski definition) is 0. The van der Waals surface area contributed by atoms with Crippen molar-refractivity contribution in [1.82, 2.24) is 14.4 Å². The summed E-state index contributed by atoms with van der Waals surface area (Å²) in [4.78, 5) is 16.6. The van der Waals surface area contributed by atoms with Crippen LogP contribution in [0.3, 0.4) is 0 Å². The molecule has 5 nitrogen and oxygen atoms in total. The number of carbonyl (C=O) groups is 1. The number of amides is 1. The van der Waals surface area contributed by atoms with Gasteiger partial charge in [-0.3, -0.25) is 0 Å². The van der Waals surface area contributed by atoms with Crippen LogP contribution in [0.5, 0.6) is 0 Å². The summed E-state index contributed by atoms with van der Waals surface area (Å²) in [5.74, 6) is 0.659. The maximum atomic E-state index is 12.0. The molecule has 3 heterocycles. The standard InChI is InChI=1S/C23H33N3O2/c1-3-16-28-23(27)26-14-10-19(11-15-26)25-12-8-18(9-13-25)21-17-24(2)22-7-5-4-6-20(21)22/h4-7,17-19H,3,8-16H2,1-2H3. The fraction of sp³-hybridized carbons (Fsp3) is 0.609.